The summed E-state index contributed by atoms with van der Waals surface area (Å²) in [5, 5.41) is 3.09. The van der Waals surface area contributed by atoms with Crippen LogP contribution < -0.4 is 5.32 Å². The molecule has 1 aliphatic rings. The van der Waals surface area contributed by atoms with Crippen LogP contribution in [-0.4, -0.2) is 22.7 Å². The summed E-state index contributed by atoms with van der Waals surface area (Å²) in [6.45, 7) is 2.69. The Bertz CT molecular complexity index is 273. The minimum absolute atomic E-state index is 0.775. The van der Waals surface area contributed by atoms with E-state index < -0.39 is 0 Å². The van der Waals surface area contributed by atoms with Gasteiger partial charge in [0.25, 0.3) is 0 Å². The Balaban J connectivity index is 2.53. The van der Waals surface area contributed by atoms with E-state index in [9.17, 15) is 0 Å². The van der Waals surface area contributed by atoms with E-state index in [1.165, 1.54) is 0 Å². The number of nitrogens with one attached hydrogen (secondary N) is 2. The molecule has 10 heavy (non-hydrogen) atoms. The normalized spacial score (nSPS) is 14.5. The van der Waals surface area contributed by atoms with Gasteiger partial charge in [-0.25, -0.2) is 9.98 Å². The largest absolute Gasteiger partial charge is 0.362 e. The van der Waals surface area contributed by atoms with E-state index in [-0.39, 0.29) is 0 Å². The molecule has 2 rings (SSSR count). The molecule has 2 heterocycles. The van der Waals surface area contributed by atoms with Crippen LogP contribution in [0.1, 0.15) is 5.82 Å². The van der Waals surface area contributed by atoms with Gasteiger partial charge in [0.15, 0.2) is 11.6 Å². The van der Waals surface area contributed by atoms with Crippen molar-refractivity contribution >= 4 is 17.9 Å². The lowest BCUT2D eigenvalue weighted by atomic mass is 10.5. The second-order valence-electron chi connectivity index (χ2n) is 2.21. The number of fused-ring (bicyclic) bond motifs is 1. The number of nitrogens with zero attached hydrogens (tertiary/aromatic N) is 2. The molecule has 0 fully saturated rings. The second-order valence-corrected chi connectivity index (χ2v) is 2.21. The van der Waals surface area contributed by atoms with Gasteiger partial charge in [-0.1, -0.05) is 0 Å². The van der Waals surface area contributed by atoms with Crippen LogP contribution >= 0.6 is 0 Å². The van der Waals surface area contributed by atoms with Crippen LogP contribution in [-0.2, 0) is 0 Å². The predicted molar refractivity (Wildman–Crippen MR) is 40.0 cm³/mol. The Morgan fingerprint density at radius 2 is 2.50 bits per heavy atom. The number of imidazole rings is 1. The maximum atomic E-state index is 4.17. The molecule has 4 nitrogen and oxygen atoms in total. The second kappa shape index (κ2) is 1.83. The minimum Gasteiger partial charge on any atom is -0.362 e. The first-order valence-electron chi connectivity index (χ1n) is 3.19. The van der Waals surface area contributed by atoms with Crippen molar-refractivity contribution in [1.82, 2.24) is 9.97 Å². The molecule has 0 radical (unpaired) electrons. The Morgan fingerprint density at radius 1 is 1.60 bits per heavy atom. The van der Waals surface area contributed by atoms with Gasteiger partial charge < -0.3 is 10.3 Å². The molecule has 52 valence electrons. The molecule has 0 aromatic carbocycles. The number of aryl methyl sites for hydroxylation is 1. The highest BCUT2D eigenvalue weighted by Crippen LogP contribution is 2.22. The number of rotatable bonds is 0. The zero-order valence-electron chi connectivity index (χ0n) is 5.68. The summed E-state index contributed by atoms with van der Waals surface area (Å²) in [7, 11) is 0. The van der Waals surface area contributed by atoms with Crippen LogP contribution in [0.3, 0.4) is 0 Å². The maximum absolute atomic E-state index is 4.17. The molecular formula is C6H8N4. The van der Waals surface area contributed by atoms with Gasteiger partial charge in [-0.15, -0.1) is 0 Å². The summed E-state index contributed by atoms with van der Waals surface area (Å²) in [6.07, 6.45) is 1.82. The topological polar surface area (TPSA) is 53.1 Å². The quantitative estimate of drug-likeness (QED) is 0.555. The molecule has 1 aliphatic heterocycles. The fourth-order valence-electron chi connectivity index (χ4n) is 0.975. The first-order valence-corrected chi connectivity index (χ1v) is 3.19. The highest BCUT2D eigenvalue weighted by atomic mass is 15.1. The standard InChI is InChI=1S/C6H8N4/c1-4-9-5-6(10-4)8-3-2-7-5/h2,8H,3H2,1H3,(H,9,10). The summed E-state index contributed by atoms with van der Waals surface area (Å²) in [5.74, 6) is 2.60. The van der Waals surface area contributed by atoms with Crippen molar-refractivity contribution in [2.24, 2.45) is 4.99 Å². The number of aromatic amines is 1. The lowest BCUT2D eigenvalue weighted by Gasteiger charge is -2.03. The fraction of sp³-hybridized carbons (Fsp3) is 0.333. The van der Waals surface area contributed by atoms with Gasteiger partial charge in [-0.2, -0.15) is 0 Å². The van der Waals surface area contributed by atoms with Crippen molar-refractivity contribution in [3.8, 4) is 0 Å². The molecular weight excluding hydrogens is 128 g/mol. The van der Waals surface area contributed by atoms with Gasteiger partial charge in [0, 0.05) is 6.21 Å². The molecule has 0 unspecified atom stereocenters. The van der Waals surface area contributed by atoms with Crippen LogP contribution in [0.25, 0.3) is 0 Å². The minimum atomic E-state index is 0.775. The molecule has 0 saturated heterocycles. The third-order valence-electron chi connectivity index (χ3n) is 1.38. The first-order chi connectivity index (χ1) is 4.86. The summed E-state index contributed by atoms with van der Waals surface area (Å²) in [4.78, 5) is 11.3. The number of hydrogen-bond acceptors (Lipinski definition) is 3. The molecule has 0 bridgehead atoms. The lowest BCUT2D eigenvalue weighted by molar-refractivity contribution is 1.15. The Labute approximate surface area is 58.4 Å². The average molecular weight is 136 g/mol. The van der Waals surface area contributed by atoms with E-state index in [0.717, 1.165) is 24.0 Å². The number of hydrogen-bond donors (Lipinski definition) is 2. The Morgan fingerprint density at radius 3 is 3.30 bits per heavy atom. The van der Waals surface area contributed by atoms with Crippen molar-refractivity contribution < 1.29 is 0 Å². The van der Waals surface area contributed by atoms with E-state index in [1.807, 2.05) is 13.1 Å². The van der Waals surface area contributed by atoms with Crippen LogP contribution in [0.15, 0.2) is 4.99 Å². The molecule has 0 spiro atoms. The van der Waals surface area contributed by atoms with Crippen LogP contribution in [0.4, 0.5) is 11.6 Å². The van der Waals surface area contributed by atoms with Gasteiger partial charge >= 0.3 is 0 Å². The smallest absolute Gasteiger partial charge is 0.174 e. The van der Waals surface area contributed by atoms with Crippen molar-refractivity contribution in [1.29, 1.82) is 0 Å². The number of H-pyrrole nitrogens is 1. The molecule has 0 saturated carbocycles. The van der Waals surface area contributed by atoms with E-state index in [0.29, 0.717) is 0 Å². The highest BCUT2D eigenvalue weighted by Gasteiger charge is 2.07. The van der Waals surface area contributed by atoms with Gasteiger partial charge in [0.2, 0.25) is 0 Å². The molecule has 0 amide bonds. The summed E-state index contributed by atoms with van der Waals surface area (Å²) in [6, 6.07) is 0. The average Bonchev–Trinajstić information content (AvgIpc) is 2.27. The predicted octanol–water partition coefficient (Wildman–Crippen LogP) is 0.846. The van der Waals surface area contributed by atoms with Gasteiger partial charge in [0.1, 0.15) is 5.82 Å². The summed E-state index contributed by atoms with van der Waals surface area (Å²) < 4.78 is 0. The highest BCUT2D eigenvalue weighted by molar-refractivity contribution is 5.76. The zero-order chi connectivity index (χ0) is 6.97. The molecule has 1 aromatic rings. The molecule has 2 N–H and O–H groups in total. The lowest BCUT2D eigenvalue weighted by Crippen LogP contribution is -2.06. The number of aliphatic imine (C=N–C) groups is 1. The van der Waals surface area contributed by atoms with Gasteiger partial charge in [-0.3, -0.25) is 0 Å². The molecule has 0 aliphatic carbocycles. The van der Waals surface area contributed by atoms with Gasteiger partial charge in [0.05, 0.1) is 6.54 Å². The van der Waals surface area contributed by atoms with E-state index in [4.69, 9.17) is 0 Å². The van der Waals surface area contributed by atoms with Crippen LogP contribution in [0.5, 0.6) is 0 Å². The first kappa shape index (κ1) is 5.46. The van der Waals surface area contributed by atoms with Crippen LogP contribution in [0, 0.1) is 6.92 Å². The Kier molecular flexibility index (Phi) is 1.00. The third kappa shape index (κ3) is 0.689. The Hall–Kier alpha value is -1.32. The molecule has 0 atom stereocenters. The number of aromatic nitrogens is 2. The van der Waals surface area contributed by atoms with Gasteiger partial charge in [-0.05, 0) is 6.92 Å². The molecule has 4 heteroatoms. The number of anilines is 1. The summed E-state index contributed by atoms with van der Waals surface area (Å²) in [5.41, 5.74) is 0. The van der Waals surface area contributed by atoms with Crippen LogP contribution in [0.2, 0.25) is 0 Å². The van der Waals surface area contributed by atoms with Crippen molar-refractivity contribution in [3.05, 3.63) is 5.82 Å². The zero-order valence-corrected chi connectivity index (χ0v) is 5.68. The van der Waals surface area contributed by atoms with E-state index in [1.54, 1.807) is 0 Å². The summed E-state index contributed by atoms with van der Waals surface area (Å²) >= 11 is 0. The monoisotopic (exact) mass is 136 g/mol. The van der Waals surface area contributed by atoms with E-state index >= 15 is 0 Å². The maximum Gasteiger partial charge on any atom is 0.174 e. The van der Waals surface area contributed by atoms with Crippen molar-refractivity contribution in [2.45, 2.75) is 6.92 Å². The van der Waals surface area contributed by atoms with Crippen molar-refractivity contribution in [3.63, 3.8) is 0 Å². The third-order valence-corrected chi connectivity index (χ3v) is 1.38. The van der Waals surface area contributed by atoms with E-state index in [2.05, 4.69) is 20.3 Å². The van der Waals surface area contributed by atoms with Crippen molar-refractivity contribution in [2.75, 3.05) is 11.9 Å². The fourth-order valence-corrected chi connectivity index (χ4v) is 0.975. The SMILES string of the molecule is Cc1nc2c([nH]1)N=CCN2. The molecule has 1 aromatic heterocycles.